The summed E-state index contributed by atoms with van der Waals surface area (Å²) in [4.78, 5) is 19.9. The zero-order valence-electron chi connectivity index (χ0n) is 20.4. The van der Waals surface area contributed by atoms with E-state index >= 15 is 0 Å². The van der Waals surface area contributed by atoms with E-state index in [9.17, 15) is 18.0 Å². The predicted octanol–water partition coefficient (Wildman–Crippen LogP) is 4.33. The van der Waals surface area contributed by atoms with Gasteiger partial charge in [-0.3, -0.25) is 4.79 Å². The molecule has 192 valence electrons. The van der Waals surface area contributed by atoms with Crippen LogP contribution in [0.5, 0.6) is 0 Å². The number of halogens is 3. The largest absolute Gasteiger partial charge is 0.419 e. The molecule has 1 heterocycles. The Kier molecular flexibility index (Phi) is 9.63. The van der Waals surface area contributed by atoms with Crippen LogP contribution in [0, 0.1) is 0 Å². The van der Waals surface area contributed by atoms with Gasteiger partial charge in [-0.25, -0.2) is 9.97 Å². The molecule has 2 aromatic carbocycles. The monoisotopic (exact) mass is 500 g/mol. The minimum atomic E-state index is -4.57. The van der Waals surface area contributed by atoms with Crippen molar-refractivity contribution in [2.75, 3.05) is 37.3 Å². The number of alkyl halides is 3. The molecule has 4 N–H and O–H groups in total. The van der Waals surface area contributed by atoms with Crippen LogP contribution in [0.2, 0.25) is 0 Å². The van der Waals surface area contributed by atoms with E-state index in [1.807, 2.05) is 37.3 Å². The summed E-state index contributed by atoms with van der Waals surface area (Å²) in [5, 5.41) is 12.1. The van der Waals surface area contributed by atoms with Gasteiger partial charge in [-0.05, 0) is 54.8 Å². The lowest BCUT2D eigenvalue weighted by Crippen LogP contribution is -2.21. The van der Waals surface area contributed by atoms with Crippen molar-refractivity contribution in [3.63, 3.8) is 0 Å². The maximum absolute atomic E-state index is 13.7. The molecule has 0 saturated heterocycles. The minimum absolute atomic E-state index is 0.0471. The average molecular weight is 501 g/mol. The fourth-order valence-corrected chi connectivity index (χ4v) is 3.67. The number of nitrogens with zero attached hydrogens (tertiary/aromatic N) is 2. The quantitative estimate of drug-likeness (QED) is 0.277. The van der Waals surface area contributed by atoms with Gasteiger partial charge >= 0.3 is 6.18 Å². The third-order valence-corrected chi connectivity index (χ3v) is 5.57. The highest BCUT2D eigenvalue weighted by molar-refractivity contribution is 5.78. The van der Waals surface area contributed by atoms with E-state index in [0.29, 0.717) is 12.1 Å². The topological polar surface area (TPSA) is 91.0 Å². The summed E-state index contributed by atoms with van der Waals surface area (Å²) in [6.07, 6.45) is -3.24. The van der Waals surface area contributed by atoms with Crippen molar-refractivity contribution in [2.24, 2.45) is 0 Å². The van der Waals surface area contributed by atoms with Gasteiger partial charge in [-0.15, -0.1) is 0 Å². The molecule has 0 bridgehead atoms. The lowest BCUT2D eigenvalue weighted by Gasteiger charge is -2.15. The molecule has 0 unspecified atom stereocenters. The first-order valence-electron chi connectivity index (χ1n) is 11.8. The molecule has 0 atom stereocenters. The first-order chi connectivity index (χ1) is 17.3. The second-order valence-electron chi connectivity index (χ2n) is 8.15. The highest BCUT2D eigenvalue weighted by Gasteiger charge is 2.34. The molecule has 0 fully saturated rings. The number of aryl methyl sites for hydroxylation is 2. The standard InChI is InChI=1S/C26H31F3N6O/c1-3-31-14-15-32-20-9-11-21(12-10-20)34-25-33-17-22(26(27,28)29)23(35-25)13-8-18-6-4-5-7-19(18)16-24(36)30-2/h4-7,9-12,17,31-32H,3,8,13-16H2,1-2H3,(H,30,36)(H,33,34,35). The minimum Gasteiger partial charge on any atom is -0.384 e. The summed E-state index contributed by atoms with van der Waals surface area (Å²) in [6.45, 7) is 4.57. The summed E-state index contributed by atoms with van der Waals surface area (Å²) in [7, 11) is 1.55. The number of aromatic nitrogens is 2. The fraction of sp³-hybridized carbons (Fsp3) is 0.346. The van der Waals surface area contributed by atoms with E-state index in [2.05, 4.69) is 31.2 Å². The number of rotatable bonds is 12. The molecule has 0 spiro atoms. The second kappa shape index (κ2) is 12.9. The van der Waals surface area contributed by atoms with Gasteiger partial charge in [0.2, 0.25) is 11.9 Å². The number of hydrogen-bond acceptors (Lipinski definition) is 6. The SMILES string of the molecule is CCNCCNc1ccc(Nc2ncc(C(F)(F)F)c(CCc3ccccc3CC(=O)NC)n2)cc1. The van der Waals surface area contributed by atoms with E-state index in [1.54, 1.807) is 25.2 Å². The Balaban J connectivity index is 1.74. The molecular formula is C26H31F3N6O. The maximum atomic E-state index is 13.7. The van der Waals surface area contributed by atoms with E-state index in [-0.39, 0.29) is 30.4 Å². The van der Waals surface area contributed by atoms with Gasteiger partial charge in [-0.2, -0.15) is 13.2 Å². The Labute approximate surface area is 208 Å². The fourth-order valence-electron chi connectivity index (χ4n) is 3.67. The van der Waals surface area contributed by atoms with Crippen molar-refractivity contribution in [1.29, 1.82) is 0 Å². The smallest absolute Gasteiger partial charge is 0.384 e. The molecule has 0 aliphatic carbocycles. The van der Waals surface area contributed by atoms with Gasteiger partial charge in [0.25, 0.3) is 0 Å². The van der Waals surface area contributed by atoms with Gasteiger partial charge in [0.15, 0.2) is 0 Å². The molecule has 10 heteroatoms. The van der Waals surface area contributed by atoms with Crippen LogP contribution in [0.15, 0.2) is 54.7 Å². The number of nitrogens with one attached hydrogen (secondary N) is 4. The number of hydrogen-bond donors (Lipinski definition) is 4. The van der Waals surface area contributed by atoms with Crippen molar-refractivity contribution < 1.29 is 18.0 Å². The molecule has 1 aromatic heterocycles. The van der Waals surface area contributed by atoms with Crippen molar-refractivity contribution in [2.45, 2.75) is 32.4 Å². The average Bonchev–Trinajstić information content (AvgIpc) is 2.86. The van der Waals surface area contributed by atoms with Crippen LogP contribution in [0.1, 0.15) is 29.3 Å². The molecule has 1 amide bonds. The Morgan fingerprint density at radius 1 is 0.944 bits per heavy atom. The zero-order chi connectivity index (χ0) is 26.0. The molecule has 0 radical (unpaired) electrons. The lowest BCUT2D eigenvalue weighted by atomic mass is 9.98. The van der Waals surface area contributed by atoms with Crippen LogP contribution in [0.25, 0.3) is 0 Å². The highest BCUT2D eigenvalue weighted by Crippen LogP contribution is 2.32. The molecule has 3 rings (SSSR count). The number of carbonyl (C=O) groups is 1. The number of carbonyl (C=O) groups excluding carboxylic acids is 1. The number of likely N-dealkylation sites (N-methyl/N-ethyl adjacent to an activating group) is 2. The third kappa shape index (κ3) is 7.94. The lowest BCUT2D eigenvalue weighted by molar-refractivity contribution is -0.138. The first kappa shape index (κ1) is 26.9. The second-order valence-corrected chi connectivity index (χ2v) is 8.15. The summed E-state index contributed by atoms with van der Waals surface area (Å²) in [6, 6.07) is 14.6. The van der Waals surface area contributed by atoms with Crippen LogP contribution in [0.4, 0.5) is 30.5 Å². The van der Waals surface area contributed by atoms with Crippen molar-refractivity contribution >= 4 is 23.2 Å². The summed E-state index contributed by atoms with van der Waals surface area (Å²) >= 11 is 0. The highest BCUT2D eigenvalue weighted by atomic mass is 19.4. The van der Waals surface area contributed by atoms with Crippen LogP contribution >= 0.6 is 0 Å². The molecule has 3 aromatic rings. The van der Waals surface area contributed by atoms with Gasteiger partial charge in [0.05, 0.1) is 17.7 Å². The Morgan fingerprint density at radius 2 is 1.64 bits per heavy atom. The molecule has 36 heavy (non-hydrogen) atoms. The Morgan fingerprint density at radius 3 is 2.31 bits per heavy atom. The molecule has 0 aliphatic rings. The van der Waals surface area contributed by atoms with Crippen LogP contribution in [-0.4, -0.2) is 42.6 Å². The number of benzene rings is 2. The van der Waals surface area contributed by atoms with E-state index in [1.165, 1.54) is 0 Å². The van der Waals surface area contributed by atoms with Gasteiger partial charge in [0.1, 0.15) is 0 Å². The van der Waals surface area contributed by atoms with E-state index in [0.717, 1.165) is 42.6 Å². The number of amides is 1. The van der Waals surface area contributed by atoms with Crippen molar-refractivity contribution in [3.05, 3.63) is 77.1 Å². The van der Waals surface area contributed by atoms with E-state index < -0.39 is 11.7 Å². The third-order valence-electron chi connectivity index (χ3n) is 5.57. The maximum Gasteiger partial charge on any atom is 0.419 e. The molecule has 0 saturated carbocycles. The summed E-state index contributed by atoms with van der Waals surface area (Å²) in [5.74, 6) is -0.0738. The van der Waals surface area contributed by atoms with Crippen LogP contribution < -0.4 is 21.3 Å². The first-order valence-corrected chi connectivity index (χ1v) is 11.8. The van der Waals surface area contributed by atoms with Gasteiger partial charge in [0, 0.05) is 37.7 Å². The van der Waals surface area contributed by atoms with Crippen LogP contribution in [0.3, 0.4) is 0 Å². The summed E-state index contributed by atoms with van der Waals surface area (Å²) < 4.78 is 41.0. The molecule has 7 nitrogen and oxygen atoms in total. The number of anilines is 3. The normalized spacial score (nSPS) is 11.2. The van der Waals surface area contributed by atoms with Crippen molar-refractivity contribution in [3.8, 4) is 0 Å². The Hall–Kier alpha value is -3.66. The molecule has 0 aliphatic heterocycles. The van der Waals surface area contributed by atoms with Crippen molar-refractivity contribution in [1.82, 2.24) is 20.6 Å². The molecular weight excluding hydrogens is 469 g/mol. The Bertz CT molecular complexity index is 1140. The van der Waals surface area contributed by atoms with Crippen LogP contribution in [-0.2, 0) is 30.2 Å². The van der Waals surface area contributed by atoms with Gasteiger partial charge < -0.3 is 21.3 Å². The predicted molar refractivity (Wildman–Crippen MR) is 135 cm³/mol. The van der Waals surface area contributed by atoms with E-state index in [4.69, 9.17) is 0 Å². The van der Waals surface area contributed by atoms with Gasteiger partial charge in [-0.1, -0.05) is 31.2 Å². The zero-order valence-corrected chi connectivity index (χ0v) is 20.4. The summed E-state index contributed by atoms with van der Waals surface area (Å²) in [5.41, 5.74) is 2.21.